The van der Waals surface area contributed by atoms with E-state index in [1.54, 1.807) is 24.3 Å². The summed E-state index contributed by atoms with van der Waals surface area (Å²) in [6, 6.07) is 11.3. The molecule has 1 fully saturated rings. The molecule has 30 heavy (non-hydrogen) atoms. The third-order valence-corrected chi connectivity index (χ3v) is 5.70. The normalized spacial score (nSPS) is 18.7. The first-order valence-electron chi connectivity index (χ1n) is 10.9. The van der Waals surface area contributed by atoms with Gasteiger partial charge >= 0.3 is 11.9 Å². The third kappa shape index (κ3) is 5.70. The summed E-state index contributed by atoms with van der Waals surface area (Å²) in [5.74, 6) is 0.139. The van der Waals surface area contributed by atoms with Gasteiger partial charge in [-0.2, -0.15) is 0 Å². The number of esters is 2. The largest absolute Gasteiger partial charge is 0.426 e. The van der Waals surface area contributed by atoms with E-state index >= 15 is 0 Å². The zero-order valence-corrected chi connectivity index (χ0v) is 17.7. The molecular formula is C25H31NO4. The summed E-state index contributed by atoms with van der Waals surface area (Å²) in [6.07, 6.45) is 8.52. The molecule has 160 valence electrons. The van der Waals surface area contributed by atoms with Crippen LogP contribution in [0.3, 0.4) is 0 Å². The van der Waals surface area contributed by atoms with Gasteiger partial charge in [0.15, 0.2) is 0 Å². The fourth-order valence-corrected chi connectivity index (χ4v) is 3.99. The fraction of sp³-hybridized carbons (Fsp3) is 0.440. The first kappa shape index (κ1) is 22.0. The van der Waals surface area contributed by atoms with Crippen molar-refractivity contribution in [2.24, 2.45) is 5.92 Å². The van der Waals surface area contributed by atoms with Gasteiger partial charge in [0, 0.05) is 22.9 Å². The van der Waals surface area contributed by atoms with Crippen molar-refractivity contribution < 1.29 is 19.1 Å². The lowest BCUT2D eigenvalue weighted by Gasteiger charge is -2.28. The van der Waals surface area contributed by atoms with Crippen LogP contribution in [0.1, 0.15) is 51.9 Å². The van der Waals surface area contributed by atoms with E-state index in [0.717, 1.165) is 49.1 Å². The molecule has 0 aliphatic heterocycles. The number of ether oxygens (including phenoxy) is 2. The average Bonchev–Trinajstić information content (AvgIpc) is 2.77. The first-order valence-corrected chi connectivity index (χ1v) is 10.9. The van der Waals surface area contributed by atoms with Crippen molar-refractivity contribution in [2.75, 3.05) is 6.54 Å². The highest BCUT2D eigenvalue weighted by Crippen LogP contribution is 2.34. The second-order valence-corrected chi connectivity index (χ2v) is 7.86. The Labute approximate surface area is 178 Å². The fourth-order valence-electron chi connectivity index (χ4n) is 3.99. The van der Waals surface area contributed by atoms with Crippen molar-refractivity contribution >= 4 is 22.7 Å². The molecule has 0 heterocycles. The molecule has 1 saturated carbocycles. The van der Waals surface area contributed by atoms with Crippen molar-refractivity contribution in [1.29, 1.82) is 0 Å². The predicted molar refractivity (Wildman–Crippen MR) is 119 cm³/mol. The Kier molecular flexibility index (Phi) is 8.03. The maximum absolute atomic E-state index is 12.8. The number of rotatable bonds is 9. The average molecular weight is 410 g/mol. The van der Waals surface area contributed by atoms with Gasteiger partial charge in [-0.05, 0) is 50.8 Å². The molecule has 2 aromatic rings. The van der Waals surface area contributed by atoms with Crippen LogP contribution < -0.4 is 14.8 Å². The lowest BCUT2D eigenvalue weighted by molar-refractivity contribution is -0.140. The summed E-state index contributed by atoms with van der Waals surface area (Å²) in [5, 5.41) is 5.08. The van der Waals surface area contributed by atoms with Crippen LogP contribution in [0.4, 0.5) is 0 Å². The van der Waals surface area contributed by atoms with E-state index < -0.39 is 5.97 Å². The van der Waals surface area contributed by atoms with Crippen LogP contribution in [0.25, 0.3) is 10.8 Å². The van der Waals surface area contributed by atoms with Crippen molar-refractivity contribution in [3.8, 4) is 11.5 Å². The smallest absolute Gasteiger partial charge is 0.335 e. The minimum absolute atomic E-state index is 0.0734. The molecule has 0 radical (unpaired) electrons. The van der Waals surface area contributed by atoms with E-state index in [1.807, 2.05) is 12.1 Å². The van der Waals surface area contributed by atoms with Gasteiger partial charge in [-0.15, -0.1) is 0 Å². The van der Waals surface area contributed by atoms with Gasteiger partial charge in [0.2, 0.25) is 0 Å². The number of fused-ring (bicyclic) bond motifs is 1. The van der Waals surface area contributed by atoms with Gasteiger partial charge in [-0.25, -0.2) is 4.79 Å². The summed E-state index contributed by atoms with van der Waals surface area (Å²) in [7, 11) is 0. The zero-order valence-electron chi connectivity index (χ0n) is 17.7. The number of carbonyl (C=O) groups is 2. The van der Waals surface area contributed by atoms with Crippen LogP contribution in [0.5, 0.6) is 11.5 Å². The Morgan fingerprint density at radius 3 is 2.23 bits per heavy atom. The first-order chi connectivity index (χ1) is 14.6. The molecule has 1 aliphatic rings. The highest BCUT2D eigenvalue weighted by molar-refractivity contribution is 5.96. The zero-order chi connectivity index (χ0) is 21.3. The summed E-state index contributed by atoms with van der Waals surface area (Å²) in [6.45, 7) is 6.69. The molecule has 0 aromatic heterocycles. The number of nitrogens with one attached hydrogen (secondary N) is 1. The van der Waals surface area contributed by atoms with Crippen LogP contribution in [-0.4, -0.2) is 24.5 Å². The van der Waals surface area contributed by atoms with Crippen molar-refractivity contribution in [1.82, 2.24) is 5.32 Å². The summed E-state index contributed by atoms with van der Waals surface area (Å²) < 4.78 is 11.1. The Hall–Kier alpha value is -2.66. The Bertz CT molecular complexity index is 884. The number of carbonyl (C=O) groups excluding carboxylic acids is 2. The lowest BCUT2D eigenvalue weighted by Crippen LogP contribution is -2.36. The van der Waals surface area contributed by atoms with E-state index in [4.69, 9.17) is 9.47 Å². The minimum Gasteiger partial charge on any atom is -0.426 e. The van der Waals surface area contributed by atoms with E-state index in [-0.39, 0.29) is 11.9 Å². The molecule has 0 amide bonds. The molecule has 5 nitrogen and oxygen atoms in total. The van der Waals surface area contributed by atoms with Gasteiger partial charge in [-0.1, -0.05) is 50.6 Å². The highest BCUT2D eigenvalue weighted by Gasteiger charge is 2.28. The van der Waals surface area contributed by atoms with Crippen LogP contribution >= 0.6 is 0 Å². The molecule has 0 bridgehead atoms. The van der Waals surface area contributed by atoms with Crippen LogP contribution in [0.2, 0.25) is 0 Å². The molecule has 1 N–H and O–H groups in total. The van der Waals surface area contributed by atoms with Gasteiger partial charge < -0.3 is 14.8 Å². The number of hydrogen-bond acceptors (Lipinski definition) is 5. The van der Waals surface area contributed by atoms with Crippen molar-refractivity contribution in [3.63, 3.8) is 0 Å². The van der Waals surface area contributed by atoms with Gasteiger partial charge in [-0.3, -0.25) is 4.79 Å². The van der Waals surface area contributed by atoms with Gasteiger partial charge in [0.05, 0.1) is 5.92 Å². The monoisotopic (exact) mass is 409 g/mol. The maximum atomic E-state index is 12.8. The lowest BCUT2D eigenvalue weighted by atomic mass is 9.86. The molecular weight excluding hydrogens is 378 g/mol. The second kappa shape index (κ2) is 10.9. The Morgan fingerprint density at radius 1 is 1.00 bits per heavy atom. The van der Waals surface area contributed by atoms with Gasteiger partial charge in [0.25, 0.3) is 0 Å². The van der Waals surface area contributed by atoms with E-state index in [2.05, 4.69) is 18.8 Å². The predicted octanol–water partition coefficient (Wildman–Crippen LogP) is 5.18. The molecule has 0 unspecified atom stereocenters. The number of unbranched alkanes of at least 4 members (excludes halogenated alkanes) is 2. The molecule has 5 heteroatoms. The van der Waals surface area contributed by atoms with Crippen molar-refractivity contribution in [2.45, 2.75) is 57.9 Å². The SMILES string of the molecule is C=CC(=O)Oc1cccc2c(OC(=O)C3CCC(NCCCCC)CC3)cccc12. The summed E-state index contributed by atoms with van der Waals surface area (Å²) >= 11 is 0. The quantitative estimate of drug-likeness (QED) is 0.268. The molecule has 0 spiro atoms. The molecule has 0 atom stereocenters. The molecule has 2 aromatic carbocycles. The standard InChI is InChI=1S/C25H31NO4/c1-3-5-6-17-26-19-15-13-18(14-16-19)25(28)30-23-12-8-9-20-21(23)10-7-11-22(20)29-24(27)4-2/h4,7-12,18-19,26H,2-3,5-6,13-17H2,1H3. The second-order valence-electron chi connectivity index (χ2n) is 7.86. The maximum Gasteiger partial charge on any atom is 0.335 e. The highest BCUT2D eigenvalue weighted by atomic mass is 16.5. The van der Waals surface area contributed by atoms with Crippen LogP contribution in [-0.2, 0) is 9.59 Å². The number of hydrogen-bond donors (Lipinski definition) is 1. The Morgan fingerprint density at radius 2 is 1.63 bits per heavy atom. The molecule has 1 aliphatic carbocycles. The minimum atomic E-state index is -0.523. The number of benzene rings is 2. The summed E-state index contributed by atoms with van der Waals surface area (Å²) in [5.41, 5.74) is 0. The van der Waals surface area contributed by atoms with Crippen LogP contribution in [0, 0.1) is 5.92 Å². The van der Waals surface area contributed by atoms with E-state index in [1.165, 1.54) is 19.3 Å². The van der Waals surface area contributed by atoms with E-state index in [9.17, 15) is 9.59 Å². The van der Waals surface area contributed by atoms with Gasteiger partial charge in [0.1, 0.15) is 11.5 Å². The Balaban J connectivity index is 1.61. The van der Waals surface area contributed by atoms with Crippen LogP contribution in [0.15, 0.2) is 49.1 Å². The van der Waals surface area contributed by atoms with E-state index in [0.29, 0.717) is 17.5 Å². The third-order valence-electron chi connectivity index (χ3n) is 5.70. The molecule has 0 saturated heterocycles. The van der Waals surface area contributed by atoms with Crippen molar-refractivity contribution in [3.05, 3.63) is 49.1 Å². The summed E-state index contributed by atoms with van der Waals surface area (Å²) in [4.78, 5) is 24.4. The topological polar surface area (TPSA) is 64.6 Å². The molecule has 3 rings (SSSR count).